The molecule has 1 aromatic rings. The van der Waals surface area contributed by atoms with Crippen LogP contribution in [-0.2, 0) is 16.6 Å². The molecule has 1 heterocycles. The molecule has 3 aliphatic rings. The van der Waals surface area contributed by atoms with Gasteiger partial charge in [0.2, 0.25) is 5.91 Å². The smallest absolute Gasteiger partial charge is 0.217 e. The Morgan fingerprint density at radius 1 is 1.30 bits per heavy atom. The molecule has 3 fully saturated rings. The Bertz CT molecular complexity index is 810. The molecule has 6 heteroatoms. The predicted molar refractivity (Wildman–Crippen MR) is 115 cm³/mol. The van der Waals surface area contributed by atoms with Gasteiger partial charge in [-0.05, 0) is 74.8 Å². The molecule has 5 atom stereocenters. The number of aliphatic hydroxyl groups is 2. The Morgan fingerprint density at radius 3 is 2.67 bits per heavy atom. The number of nitrogens with one attached hydrogen (secondary N) is 1. The van der Waals surface area contributed by atoms with Gasteiger partial charge in [-0.3, -0.25) is 9.69 Å². The number of hydrogen-bond donors (Lipinski definition) is 4. The van der Waals surface area contributed by atoms with Crippen LogP contribution in [0.5, 0.6) is 5.75 Å². The van der Waals surface area contributed by atoms with Gasteiger partial charge in [-0.2, -0.15) is 0 Å². The lowest BCUT2D eigenvalue weighted by molar-refractivity contribution is -0.180. The van der Waals surface area contributed by atoms with E-state index in [1.54, 1.807) is 12.1 Å². The summed E-state index contributed by atoms with van der Waals surface area (Å²) in [5.74, 6) is 0.710. The number of aromatic hydroxyl groups is 1. The molecule has 1 amide bonds. The van der Waals surface area contributed by atoms with Gasteiger partial charge in [0, 0.05) is 31.3 Å². The molecular formula is C24H36N2O4. The van der Waals surface area contributed by atoms with Crippen LogP contribution in [0.1, 0.15) is 64.0 Å². The largest absolute Gasteiger partial charge is 0.508 e. The number of fused-ring (bicyclic) bond motifs is 1. The number of nitrogens with zero attached hydrogens (tertiary/aromatic N) is 1. The average molecular weight is 417 g/mol. The predicted octanol–water partition coefficient (Wildman–Crippen LogP) is 2.09. The maximum Gasteiger partial charge on any atom is 0.217 e. The lowest BCUT2D eigenvalue weighted by Crippen LogP contribution is -2.73. The number of carbonyl (C=O) groups is 1. The monoisotopic (exact) mass is 416 g/mol. The minimum absolute atomic E-state index is 0.109. The normalized spacial score (nSPS) is 36.9. The molecule has 4 N–H and O–H groups in total. The molecule has 2 saturated carbocycles. The molecule has 0 radical (unpaired) electrons. The molecular weight excluding hydrogens is 380 g/mol. The van der Waals surface area contributed by atoms with Crippen LogP contribution < -0.4 is 5.32 Å². The molecule has 1 unspecified atom stereocenters. The lowest BCUT2D eigenvalue weighted by Gasteiger charge is -2.62. The van der Waals surface area contributed by atoms with Gasteiger partial charge in [-0.25, -0.2) is 0 Å². The van der Waals surface area contributed by atoms with E-state index in [2.05, 4.69) is 24.1 Å². The Morgan fingerprint density at radius 2 is 2.03 bits per heavy atom. The van der Waals surface area contributed by atoms with E-state index in [-0.39, 0.29) is 17.7 Å². The Hall–Kier alpha value is -1.63. The fourth-order valence-corrected chi connectivity index (χ4v) is 6.15. The molecule has 0 bridgehead atoms. The number of carbonyl (C=O) groups excluding carboxylic acids is 1. The van der Waals surface area contributed by atoms with Crippen LogP contribution in [0, 0.1) is 5.92 Å². The van der Waals surface area contributed by atoms with Crippen LogP contribution in [0.2, 0.25) is 0 Å². The van der Waals surface area contributed by atoms with Crippen LogP contribution in [0.15, 0.2) is 18.2 Å². The molecule has 0 aromatic heterocycles. The third-order valence-corrected chi connectivity index (χ3v) is 8.01. The second-order valence-electron chi connectivity index (χ2n) is 9.85. The van der Waals surface area contributed by atoms with E-state index < -0.39 is 23.2 Å². The van der Waals surface area contributed by atoms with Crippen LogP contribution in [0.25, 0.3) is 0 Å². The van der Waals surface area contributed by atoms with E-state index in [0.29, 0.717) is 12.8 Å². The topological polar surface area (TPSA) is 93.0 Å². The Balaban J connectivity index is 1.80. The Kier molecular flexibility index (Phi) is 5.62. The van der Waals surface area contributed by atoms with E-state index in [1.807, 2.05) is 6.07 Å². The number of amides is 1. The second-order valence-corrected chi connectivity index (χ2v) is 9.85. The van der Waals surface area contributed by atoms with E-state index in [4.69, 9.17) is 0 Å². The average Bonchev–Trinajstić information content (AvgIpc) is 3.50. The lowest BCUT2D eigenvalue weighted by atomic mass is 9.51. The van der Waals surface area contributed by atoms with E-state index in [1.165, 1.54) is 19.8 Å². The quantitative estimate of drug-likeness (QED) is 0.590. The number of piperidine rings is 1. The molecule has 1 saturated heterocycles. The summed E-state index contributed by atoms with van der Waals surface area (Å²) in [6.45, 7) is 7.47. The number of hydrogen-bond acceptors (Lipinski definition) is 5. The van der Waals surface area contributed by atoms with Gasteiger partial charge >= 0.3 is 0 Å². The molecule has 166 valence electrons. The van der Waals surface area contributed by atoms with E-state index in [0.717, 1.165) is 43.0 Å². The van der Waals surface area contributed by atoms with Crippen LogP contribution in [-0.4, -0.2) is 63.0 Å². The number of phenolic OH excluding ortho intramolecular Hbond substituents is 1. The van der Waals surface area contributed by atoms with Gasteiger partial charge in [-0.1, -0.05) is 13.0 Å². The SMILES string of the molecule is CCc1ccc(O)cc1[C@]12CCN(CC3CC3)C(C)[C@]1(O)C[C@H](NC(C)=O)[C@H](O)C2. The van der Waals surface area contributed by atoms with Gasteiger partial charge in [0.1, 0.15) is 5.75 Å². The molecule has 1 aromatic carbocycles. The molecule has 30 heavy (non-hydrogen) atoms. The van der Waals surface area contributed by atoms with Crippen molar-refractivity contribution in [1.82, 2.24) is 10.2 Å². The first-order chi connectivity index (χ1) is 14.2. The van der Waals surface area contributed by atoms with Crippen molar-refractivity contribution in [3.63, 3.8) is 0 Å². The van der Waals surface area contributed by atoms with E-state index >= 15 is 0 Å². The van der Waals surface area contributed by atoms with Gasteiger partial charge in [0.25, 0.3) is 0 Å². The summed E-state index contributed by atoms with van der Waals surface area (Å²) in [5.41, 5.74) is 0.264. The van der Waals surface area contributed by atoms with Gasteiger partial charge < -0.3 is 20.6 Å². The third kappa shape index (κ3) is 3.53. The standard InChI is InChI=1S/C24H36N2O4/c1-4-18-7-8-19(28)11-20(18)23-9-10-26(14-17-5-6-17)15(2)24(23,30)12-21(22(29)13-23)25-16(3)27/h7-8,11,15,17,21-22,28-30H,4-6,9-10,12-14H2,1-3H3,(H,25,27)/t15?,21-,22+,23+,24+/m0/s1. The number of benzene rings is 1. The number of phenols is 1. The first-order valence-corrected chi connectivity index (χ1v) is 11.4. The zero-order valence-electron chi connectivity index (χ0n) is 18.4. The molecule has 0 spiro atoms. The highest BCUT2D eigenvalue weighted by atomic mass is 16.3. The minimum Gasteiger partial charge on any atom is -0.508 e. The van der Waals surface area contributed by atoms with Gasteiger partial charge in [0.15, 0.2) is 0 Å². The van der Waals surface area contributed by atoms with Crippen molar-refractivity contribution in [1.29, 1.82) is 0 Å². The number of likely N-dealkylation sites (tertiary alicyclic amines) is 1. The van der Waals surface area contributed by atoms with Crippen molar-refractivity contribution in [3.05, 3.63) is 29.3 Å². The zero-order valence-corrected chi connectivity index (χ0v) is 18.4. The highest BCUT2D eigenvalue weighted by Gasteiger charge is 2.63. The molecule has 4 rings (SSSR count). The first kappa shape index (κ1) is 21.6. The molecule has 2 aliphatic carbocycles. The van der Waals surface area contributed by atoms with Crippen molar-refractivity contribution in [3.8, 4) is 5.75 Å². The van der Waals surface area contributed by atoms with E-state index in [9.17, 15) is 20.1 Å². The second kappa shape index (κ2) is 7.81. The van der Waals surface area contributed by atoms with Crippen LogP contribution in [0.3, 0.4) is 0 Å². The zero-order chi connectivity index (χ0) is 21.7. The van der Waals surface area contributed by atoms with Crippen LogP contribution in [0.4, 0.5) is 0 Å². The maximum atomic E-state index is 12.4. The summed E-state index contributed by atoms with van der Waals surface area (Å²) in [6, 6.07) is 4.84. The Labute approximate surface area is 179 Å². The summed E-state index contributed by atoms with van der Waals surface area (Å²) in [5, 5.41) is 36.6. The number of rotatable bonds is 5. The fourth-order valence-electron chi connectivity index (χ4n) is 6.15. The third-order valence-electron chi connectivity index (χ3n) is 8.01. The van der Waals surface area contributed by atoms with Crippen LogP contribution >= 0.6 is 0 Å². The number of aryl methyl sites for hydroxylation is 1. The van der Waals surface area contributed by atoms with Crippen molar-refractivity contribution in [2.45, 2.75) is 88.5 Å². The minimum atomic E-state index is -1.12. The molecule has 1 aliphatic heterocycles. The van der Waals surface area contributed by atoms with Crippen molar-refractivity contribution in [2.75, 3.05) is 13.1 Å². The highest BCUT2D eigenvalue weighted by molar-refractivity contribution is 5.73. The fraction of sp³-hybridized carbons (Fsp3) is 0.708. The van der Waals surface area contributed by atoms with Crippen molar-refractivity contribution in [2.24, 2.45) is 5.92 Å². The summed E-state index contributed by atoms with van der Waals surface area (Å²) in [4.78, 5) is 14.2. The van der Waals surface area contributed by atoms with Gasteiger partial charge in [-0.15, -0.1) is 0 Å². The number of aliphatic hydroxyl groups excluding tert-OH is 1. The van der Waals surface area contributed by atoms with Gasteiger partial charge in [0.05, 0.1) is 17.7 Å². The first-order valence-electron chi connectivity index (χ1n) is 11.4. The summed E-state index contributed by atoms with van der Waals surface area (Å²) in [7, 11) is 0. The molecule has 6 nitrogen and oxygen atoms in total. The summed E-state index contributed by atoms with van der Waals surface area (Å²) in [6.07, 6.45) is 3.95. The van der Waals surface area contributed by atoms with Crippen molar-refractivity contribution < 1.29 is 20.1 Å². The summed E-state index contributed by atoms with van der Waals surface area (Å²) < 4.78 is 0. The highest BCUT2D eigenvalue weighted by Crippen LogP contribution is 2.55. The van der Waals surface area contributed by atoms with Crippen molar-refractivity contribution >= 4 is 5.91 Å². The summed E-state index contributed by atoms with van der Waals surface area (Å²) >= 11 is 0. The maximum absolute atomic E-state index is 12.4.